The standard InChI is InChI=1S/C26H37NO4/c1-2-30-26(29)24(21-14-8-4-9-15-21)23(25(28)22-16-10-5-11-17-22)18-27-31-19-20-12-6-3-7-13-20/h3,6-7,12-13,18,21-22,25,28H,2,4-5,8-11,14-17,19H2,1H3/b24-23+,27-18+. The SMILES string of the molecule is CCOC(=O)/C(=C(\C=N\OCc1ccccc1)C(O)C1CCCCC1)C1CCCCC1. The number of oxime groups is 1. The zero-order chi connectivity index (χ0) is 21.9. The summed E-state index contributed by atoms with van der Waals surface area (Å²) in [5.74, 6) is -0.0484. The first-order valence-corrected chi connectivity index (χ1v) is 12.0. The van der Waals surface area contributed by atoms with Crippen LogP contribution in [0.1, 0.15) is 76.7 Å². The first-order valence-electron chi connectivity index (χ1n) is 12.0. The highest BCUT2D eigenvalue weighted by atomic mass is 16.6. The molecule has 0 spiro atoms. The molecule has 2 saturated carbocycles. The lowest BCUT2D eigenvalue weighted by molar-refractivity contribution is -0.139. The van der Waals surface area contributed by atoms with Crippen LogP contribution >= 0.6 is 0 Å². The van der Waals surface area contributed by atoms with Crippen LogP contribution in [-0.2, 0) is 21.0 Å². The molecule has 0 bridgehead atoms. The number of hydrogen-bond acceptors (Lipinski definition) is 5. The van der Waals surface area contributed by atoms with Crippen molar-refractivity contribution in [3.63, 3.8) is 0 Å². The van der Waals surface area contributed by atoms with Gasteiger partial charge in [-0.3, -0.25) is 0 Å². The predicted octanol–water partition coefficient (Wildman–Crippen LogP) is 5.57. The zero-order valence-electron chi connectivity index (χ0n) is 18.8. The number of nitrogens with zero attached hydrogens (tertiary/aromatic N) is 1. The van der Waals surface area contributed by atoms with Crippen LogP contribution in [0.25, 0.3) is 0 Å². The number of rotatable bonds is 9. The largest absolute Gasteiger partial charge is 0.463 e. The summed E-state index contributed by atoms with van der Waals surface area (Å²) in [6.07, 6.45) is 11.6. The van der Waals surface area contributed by atoms with E-state index in [1.165, 1.54) is 12.8 Å². The lowest BCUT2D eigenvalue weighted by atomic mass is 9.77. The van der Waals surface area contributed by atoms with E-state index >= 15 is 0 Å². The highest BCUT2D eigenvalue weighted by Gasteiger charge is 2.33. The summed E-state index contributed by atoms with van der Waals surface area (Å²) >= 11 is 0. The third kappa shape index (κ3) is 6.93. The van der Waals surface area contributed by atoms with E-state index in [1.54, 1.807) is 6.21 Å². The number of ether oxygens (including phenoxy) is 1. The molecule has 5 heteroatoms. The molecule has 31 heavy (non-hydrogen) atoms. The van der Waals surface area contributed by atoms with Crippen LogP contribution in [0.15, 0.2) is 46.6 Å². The van der Waals surface area contributed by atoms with Crippen LogP contribution in [0.4, 0.5) is 0 Å². The van der Waals surface area contributed by atoms with Crippen molar-refractivity contribution in [2.45, 2.75) is 83.8 Å². The van der Waals surface area contributed by atoms with Gasteiger partial charge < -0.3 is 14.7 Å². The fourth-order valence-corrected chi connectivity index (χ4v) is 4.91. The van der Waals surface area contributed by atoms with Gasteiger partial charge in [0.15, 0.2) is 0 Å². The topological polar surface area (TPSA) is 68.1 Å². The molecule has 0 saturated heterocycles. The maximum atomic E-state index is 13.0. The first-order chi connectivity index (χ1) is 15.2. The zero-order valence-corrected chi connectivity index (χ0v) is 18.8. The number of benzene rings is 1. The Morgan fingerprint density at radius 2 is 1.71 bits per heavy atom. The molecule has 3 rings (SSSR count). The molecule has 2 aliphatic rings. The average molecular weight is 428 g/mol. The van der Waals surface area contributed by atoms with Crippen LogP contribution in [0.2, 0.25) is 0 Å². The van der Waals surface area contributed by atoms with Gasteiger partial charge in [0.05, 0.1) is 18.9 Å². The molecule has 1 N–H and O–H groups in total. The van der Waals surface area contributed by atoms with Gasteiger partial charge in [0.25, 0.3) is 0 Å². The minimum absolute atomic E-state index is 0.113. The Morgan fingerprint density at radius 1 is 1.06 bits per heavy atom. The van der Waals surface area contributed by atoms with Gasteiger partial charge >= 0.3 is 5.97 Å². The summed E-state index contributed by atoms with van der Waals surface area (Å²) in [7, 11) is 0. The molecule has 170 valence electrons. The van der Waals surface area contributed by atoms with Crippen LogP contribution < -0.4 is 0 Å². The van der Waals surface area contributed by atoms with Gasteiger partial charge in [-0.25, -0.2) is 4.79 Å². The molecule has 1 aromatic carbocycles. The molecular weight excluding hydrogens is 390 g/mol. The molecule has 1 aromatic rings. The molecule has 5 nitrogen and oxygen atoms in total. The molecule has 1 atom stereocenters. The fraction of sp³-hybridized carbons (Fsp3) is 0.615. The fourth-order valence-electron chi connectivity index (χ4n) is 4.91. The van der Waals surface area contributed by atoms with Crippen LogP contribution in [0.3, 0.4) is 0 Å². The molecule has 1 unspecified atom stereocenters. The second-order valence-corrected chi connectivity index (χ2v) is 8.76. The van der Waals surface area contributed by atoms with E-state index in [4.69, 9.17) is 9.57 Å². The van der Waals surface area contributed by atoms with E-state index in [0.717, 1.165) is 56.9 Å². The summed E-state index contributed by atoms with van der Waals surface area (Å²) in [4.78, 5) is 18.6. The van der Waals surface area contributed by atoms with Crippen LogP contribution in [0.5, 0.6) is 0 Å². The monoisotopic (exact) mass is 427 g/mol. The third-order valence-electron chi connectivity index (χ3n) is 6.58. The lowest BCUT2D eigenvalue weighted by Crippen LogP contribution is -2.31. The van der Waals surface area contributed by atoms with Crippen molar-refractivity contribution < 1.29 is 19.5 Å². The molecule has 0 amide bonds. The smallest absolute Gasteiger partial charge is 0.334 e. The summed E-state index contributed by atoms with van der Waals surface area (Å²) in [6.45, 7) is 2.50. The van der Waals surface area contributed by atoms with Crippen molar-refractivity contribution in [3.8, 4) is 0 Å². The van der Waals surface area contributed by atoms with Crippen molar-refractivity contribution in [3.05, 3.63) is 47.0 Å². The van der Waals surface area contributed by atoms with Crippen molar-refractivity contribution >= 4 is 12.2 Å². The molecular formula is C26H37NO4. The Bertz CT molecular complexity index is 731. The van der Waals surface area contributed by atoms with Gasteiger partial charge in [-0.1, -0.05) is 74.0 Å². The second kappa shape index (κ2) is 12.7. The van der Waals surface area contributed by atoms with E-state index in [0.29, 0.717) is 24.4 Å². The van der Waals surface area contributed by atoms with Crippen LogP contribution in [-0.4, -0.2) is 30.0 Å². The minimum atomic E-state index is -0.717. The number of carbonyl (C=O) groups excluding carboxylic acids is 1. The minimum Gasteiger partial charge on any atom is -0.463 e. The van der Waals surface area contributed by atoms with Crippen molar-refractivity contribution in [2.75, 3.05) is 6.61 Å². The molecule has 0 aromatic heterocycles. The van der Waals surface area contributed by atoms with Gasteiger partial charge in [0.1, 0.15) is 6.61 Å². The summed E-state index contributed by atoms with van der Waals surface area (Å²) in [5, 5.41) is 15.5. The molecule has 0 radical (unpaired) electrons. The van der Waals surface area contributed by atoms with Gasteiger partial charge in [-0.05, 0) is 50.0 Å². The Morgan fingerprint density at radius 3 is 2.35 bits per heavy atom. The maximum Gasteiger partial charge on any atom is 0.334 e. The molecule has 0 aliphatic heterocycles. The van der Waals surface area contributed by atoms with E-state index in [1.807, 2.05) is 37.3 Å². The Labute approximate surface area is 186 Å². The summed E-state index contributed by atoms with van der Waals surface area (Å²) in [6, 6.07) is 9.85. The van der Waals surface area contributed by atoms with Crippen molar-refractivity contribution in [1.29, 1.82) is 0 Å². The number of carbonyl (C=O) groups is 1. The molecule has 2 fully saturated rings. The third-order valence-corrected chi connectivity index (χ3v) is 6.58. The second-order valence-electron chi connectivity index (χ2n) is 8.76. The predicted molar refractivity (Wildman–Crippen MR) is 123 cm³/mol. The lowest BCUT2D eigenvalue weighted by Gasteiger charge is -2.31. The normalized spacial score (nSPS) is 20.3. The van der Waals surface area contributed by atoms with Gasteiger partial charge in [0.2, 0.25) is 0 Å². The van der Waals surface area contributed by atoms with Gasteiger partial charge in [0, 0.05) is 11.1 Å². The van der Waals surface area contributed by atoms with Gasteiger partial charge in [-0.15, -0.1) is 0 Å². The number of aliphatic hydroxyl groups excluding tert-OH is 1. The Kier molecular flexibility index (Phi) is 9.60. The number of hydrogen-bond donors (Lipinski definition) is 1. The molecule has 2 aliphatic carbocycles. The van der Waals surface area contributed by atoms with E-state index in [-0.39, 0.29) is 17.8 Å². The van der Waals surface area contributed by atoms with E-state index in [2.05, 4.69) is 5.16 Å². The van der Waals surface area contributed by atoms with Gasteiger partial charge in [-0.2, -0.15) is 0 Å². The summed E-state index contributed by atoms with van der Waals surface area (Å²) < 4.78 is 5.44. The van der Waals surface area contributed by atoms with Crippen molar-refractivity contribution in [1.82, 2.24) is 0 Å². The van der Waals surface area contributed by atoms with Crippen molar-refractivity contribution in [2.24, 2.45) is 17.0 Å². The van der Waals surface area contributed by atoms with E-state index in [9.17, 15) is 9.90 Å². The summed E-state index contributed by atoms with van der Waals surface area (Å²) in [5.41, 5.74) is 2.24. The Balaban J connectivity index is 1.87. The number of aliphatic hydroxyl groups is 1. The average Bonchev–Trinajstić information content (AvgIpc) is 2.82. The highest BCUT2D eigenvalue weighted by molar-refractivity contribution is 5.97. The first kappa shape index (κ1) is 23.5. The van der Waals surface area contributed by atoms with E-state index < -0.39 is 6.10 Å². The molecule has 0 heterocycles. The number of esters is 1. The maximum absolute atomic E-state index is 13.0. The quantitative estimate of drug-likeness (QED) is 0.242. The van der Waals surface area contributed by atoms with Crippen LogP contribution in [0, 0.1) is 11.8 Å². The Hall–Kier alpha value is -2.14. The highest BCUT2D eigenvalue weighted by Crippen LogP contribution is 2.36.